The van der Waals surface area contributed by atoms with Crippen LogP contribution in [0.5, 0.6) is 0 Å². The van der Waals surface area contributed by atoms with Crippen molar-refractivity contribution < 1.29 is 22.8 Å². The van der Waals surface area contributed by atoms with E-state index < -0.39 is 8.25 Å². The van der Waals surface area contributed by atoms with Gasteiger partial charge in [-0.25, -0.2) is 8.78 Å². The van der Waals surface area contributed by atoms with Crippen LogP contribution in [-0.4, -0.2) is 23.8 Å². The van der Waals surface area contributed by atoms with Gasteiger partial charge >= 0.3 is 8.25 Å². The zero-order chi connectivity index (χ0) is 21.8. The van der Waals surface area contributed by atoms with Crippen LogP contribution in [-0.2, 0) is 22.1 Å². The summed E-state index contributed by atoms with van der Waals surface area (Å²) < 4.78 is 42.3. The molecule has 8 heteroatoms. The molecule has 2 rings (SSSR count). The molecule has 4 nitrogen and oxygen atoms in total. The second-order valence-corrected chi connectivity index (χ2v) is 8.97. The number of hydrogen-bond acceptors (Lipinski definition) is 4. The van der Waals surface area contributed by atoms with Gasteiger partial charge in [0.05, 0.1) is 0 Å². The lowest BCUT2D eigenvalue weighted by molar-refractivity contribution is 0.276. The third-order valence-electron chi connectivity index (χ3n) is 4.64. The quantitative estimate of drug-likeness (QED) is 0.210. The zero-order valence-corrected chi connectivity index (χ0v) is 18.9. The van der Waals surface area contributed by atoms with Crippen molar-refractivity contribution in [2.24, 2.45) is 0 Å². The highest BCUT2D eigenvalue weighted by Gasteiger charge is 2.11. The summed E-state index contributed by atoms with van der Waals surface area (Å²) in [5.41, 5.74) is 2.83. The van der Waals surface area contributed by atoms with Crippen molar-refractivity contribution in [2.75, 3.05) is 18.9 Å². The predicted octanol–water partition coefficient (Wildman–Crippen LogP) is 5.92. The Hall–Kier alpha value is -1.37. The van der Waals surface area contributed by atoms with Crippen LogP contribution in [0.1, 0.15) is 42.4 Å². The number of aryl methyl sites for hydroxylation is 2. The van der Waals surface area contributed by atoms with E-state index in [-0.39, 0.29) is 18.2 Å². The maximum atomic E-state index is 14.4. The van der Waals surface area contributed by atoms with Gasteiger partial charge in [-0.2, -0.15) is 0 Å². The molecule has 0 radical (unpaired) electrons. The van der Waals surface area contributed by atoms with Gasteiger partial charge in [0.25, 0.3) is 0 Å². The lowest BCUT2D eigenvalue weighted by atomic mass is 10.1. The maximum Gasteiger partial charge on any atom is 0.694 e. The minimum atomic E-state index is -2.55. The molecule has 0 bridgehead atoms. The molecule has 0 heterocycles. The second-order valence-electron chi connectivity index (χ2n) is 7.10. The number of halogens is 2. The zero-order valence-electron chi connectivity index (χ0n) is 17.2. The van der Waals surface area contributed by atoms with Crippen LogP contribution in [0.3, 0.4) is 0 Å². The van der Waals surface area contributed by atoms with E-state index in [1.165, 1.54) is 12.1 Å². The third kappa shape index (κ3) is 9.63. The van der Waals surface area contributed by atoms with Gasteiger partial charge in [0, 0.05) is 21.6 Å². The summed E-state index contributed by atoms with van der Waals surface area (Å²) in [6.45, 7) is 3.17. The van der Waals surface area contributed by atoms with E-state index in [0.717, 1.165) is 47.5 Å². The van der Waals surface area contributed by atoms with E-state index >= 15 is 0 Å². The van der Waals surface area contributed by atoms with Crippen LogP contribution in [0.2, 0.25) is 0 Å². The molecule has 0 amide bonds. The van der Waals surface area contributed by atoms with Crippen LogP contribution < -0.4 is 5.32 Å². The Morgan fingerprint density at radius 3 is 2.60 bits per heavy atom. The van der Waals surface area contributed by atoms with Gasteiger partial charge in [-0.3, -0.25) is 0 Å². The molecule has 0 aromatic heterocycles. The summed E-state index contributed by atoms with van der Waals surface area (Å²) in [6.07, 6.45) is 4.73. The van der Waals surface area contributed by atoms with E-state index in [1.807, 2.05) is 25.1 Å². The molecule has 164 valence electrons. The van der Waals surface area contributed by atoms with E-state index in [9.17, 15) is 13.3 Å². The van der Waals surface area contributed by atoms with Crippen LogP contribution in [0, 0.1) is 18.6 Å². The van der Waals surface area contributed by atoms with Crippen molar-refractivity contribution in [1.29, 1.82) is 0 Å². The highest BCUT2D eigenvalue weighted by atomic mass is 32.2. The molecule has 1 atom stereocenters. The Labute approximate surface area is 182 Å². The molecule has 0 fully saturated rings. The Morgan fingerprint density at radius 2 is 1.87 bits per heavy atom. The number of nitrogens with one attached hydrogen (secondary N) is 1. The topological polar surface area (TPSA) is 58.6 Å². The third-order valence-corrected chi connectivity index (χ3v) is 6.29. The van der Waals surface area contributed by atoms with Crippen molar-refractivity contribution >= 4 is 20.0 Å². The number of unbranched alkanes of at least 4 members (excludes halogenated alkanes) is 2. The Balaban J connectivity index is 1.65. The molecule has 0 saturated carbocycles. The first kappa shape index (κ1) is 24.9. The molecule has 0 aliphatic heterocycles. The molecule has 2 N–H and O–H groups in total. The molecule has 2 aromatic rings. The number of rotatable bonds is 14. The van der Waals surface area contributed by atoms with E-state index in [0.29, 0.717) is 25.1 Å². The number of thioether (sulfide) groups is 1. The molecule has 30 heavy (non-hydrogen) atoms. The Kier molecular flexibility index (Phi) is 11.5. The molecular formula is C22H29F2NO3PS+. The predicted molar refractivity (Wildman–Crippen MR) is 118 cm³/mol. The van der Waals surface area contributed by atoms with Crippen LogP contribution in [0.4, 0.5) is 8.78 Å². The molecule has 0 aliphatic rings. The number of benzene rings is 2. The molecule has 2 aromatic carbocycles. The first-order valence-electron chi connectivity index (χ1n) is 10.1. The average Bonchev–Trinajstić information content (AvgIpc) is 2.71. The summed E-state index contributed by atoms with van der Waals surface area (Å²) >= 11 is 1.68. The van der Waals surface area contributed by atoms with Crippen LogP contribution >= 0.6 is 20.0 Å². The van der Waals surface area contributed by atoms with Crippen molar-refractivity contribution in [2.45, 2.75) is 50.5 Å². The maximum absolute atomic E-state index is 14.4. The Morgan fingerprint density at radius 1 is 1.10 bits per heavy atom. The average molecular weight is 457 g/mol. The first-order valence-corrected chi connectivity index (χ1v) is 12.2. The molecule has 1 unspecified atom stereocenters. The van der Waals surface area contributed by atoms with Gasteiger partial charge in [0.2, 0.25) is 0 Å². The molecular weight excluding hydrogens is 427 g/mol. The summed E-state index contributed by atoms with van der Waals surface area (Å²) in [4.78, 5) is 9.51. The van der Waals surface area contributed by atoms with Gasteiger partial charge in [0.1, 0.15) is 18.2 Å². The van der Waals surface area contributed by atoms with Gasteiger partial charge in [0.15, 0.2) is 0 Å². The summed E-state index contributed by atoms with van der Waals surface area (Å²) in [7, 11) is -2.55. The van der Waals surface area contributed by atoms with Gasteiger partial charge in [-0.15, -0.1) is 21.2 Å². The lowest BCUT2D eigenvalue weighted by Gasteiger charge is -2.11. The highest BCUT2D eigenvalue weighted by molar-refractivity contribution is 7.99. The fraction of sp³-hybridized carbons (Fsp3) is 0.455. The van der Waals surface area contributed by atoms with Crippen molar-refractivity contribution in [1.82, 2.24) is 5.32 Å². The molecule has 0 aliphatic carbocycles. The van der Waals surface area contributed by atoms with Crippen molar-refractivity contribution in [3.8, 4) is 0 Å². The van der Waals surface area contributed by atoms with Crippen molar-refractivity contribution in [3.63, 3.8) is 0 Å². The number of hydrogen-bond donors (Lipinski definition) is 2. The monoisotopic (exact) mass is 456 g/mol. The Bertz CT molecular complexity index is 806. The van der Waals surface area contributed by atoms with E-state index in [1.54, 1.807) is 17.8 Å². The SMILES string of the molecule is Cc1cc(CNCCCO[P+](=O)O)c(F)cc1SCCCCCc1ccc(F)cc1. The summed E-state index contributed by atoms with van der Waals surface area (Å²) in [5.74, 6) is 0.516. The van der Waals surface area contributed by atoms with Crippen molar-refractivity contribution in [3.05, 3.63) is 64.7 Å². The van der Waals surface area contributed by atoms with E-state index in [2.05, 4.69) is 9.84 Å². The van der Waals surface area contributed by atoms with Gasteiger partial charge < -0.3 is 5.32 Å². The fourth-order valence-corrected chi connectivity index (χ4v) is 4.35. The first-order chi connectivity index (χ1) is 14.5. The largest absolute Gasteiger partial charge is 0.694 e. The van der Waals surface area contributed by atoms with Gasteiger partial charge in [-0.05, 0) is 74.2 Å². The fourth-order valence-electron chi connectivity index (χ4n) is 3.02. The van der Waals surface area contributed by atoms with Crippen LogP contribution in [0.15, 0.2) is 41.3 Å². The van der Waals surface area contributed by atoms with Crippen LogP contribution in [0.25, 0.3) is 0 Å². The normalized spacial score (nSPS) is 11.7. The minimum Gasteiger partial charge on any atom is -0.312 e. The standard InChI is InChI=1S/C22H28F2NO3PS/c1-17-14-19(16-25-11-5-12-28-29(26)27)21(24)15-22(17)30-13-4-2-3-6-18-7-9-20(23)10-8-18/h7-10,14-15,25H,2-6,11-13,16H2,1H3/p+1. The summed E-state index contributed by atoms with van der Waals surface area (Å²) in [6, 6.07) is 10.1. The summed E-state index contributed by atoms with van der Waals surface area (Å²) in [5, 5.41) is 3.12. The highest BCUT2D eigenvalue weighted by Crippen LogP contribution is 2.26. The lowest BCUT2D eigenvalue weighted by Crippen LogP contribution is -2.17. The minimum absolute atomic E-state index is 0.194. The van der Waals surface area contributed by atoms with Gasteiger partial charge in [-0.1, -0.05) is 24.6 Å². The molecule has 0 saturated heterocycles. The second kappa shape index (κ2) is 13.8. The molecule has 0 spiro atoms. The smallest absolute Gasteiger partial charge is 0.312 e. The van der Waals surface area contributed by atoms with E-state index in [4.69, 9.17) is 4.89 Å².